The van der Waals surface area contributed by atoms with Gasteiger partial charge < -0.3 is 4.74 Å². The molecule has 156 valence electrons. The van der Waals surface area contributed by atoms with Crippen molar-refractivity contribution in [3.63, 3.8) is 0 Å². The molecule has 6 heteroatoms. The minimum absolute atomic E-state index is 0.0246. The van der Waals surface area contributed by atoms with Crippen molar-refractivity contribution in [2.24, 2.45) is 29.1 Å². The van der Waals surface area contributed by atoms with Gasteiger partial charge in [-0.25, -0.2) is 4.68 Å². The van der Waals surface area contributed by atoms with Crippen LogP contribution < -0.4 is 4.74 Å². The number of ether oxygens (including phenoxy) is 1. The van der Waals surface area contributed by atoms with Crippen LogP contribution in [0.2, 0.25) is 0 Å². The van der Waals surface area contributed by atoms with E-state index in [1.54, 1.807) is 10.9 Å². The Balaban J connectivity index is 1.90. The Morgan fingerprint density at radius 2 is 2.07 bits per heavy atom. The lowest BCUT2D eigenvalue weighted by atomic mass is 9.57. The van der Waals surface area contributed by atoms with Crippen LogP contribution in [0.5, 0.6) is 5.88 Å². The topological polar surface area (TPSA) is 61.2 Å². The summed E-state index contributed by atoms with van der Waals surface area (Å²) in [4.78, 5) is 25.0. The van der Waals surface area contributed by atoms with Gasteiger partial charge in [-0.3, -0.25) is 9.59 Å². The molecular weight excluding hydrogens is 372 g/mol. The fourth-order valence-electron chi connectivity index (χ4n) is 5.34. The van der Waals surface area contributed by atoms with Gasteiger partial charge in [0.25, 0.3) is 0 Å². The van der Waals surface area contributed by atoms with Gasteiger partial charge >= 0.3 is 0 Å². The average Bonchev–Trinajstić information content (AvgIpc) is 3.04. The van der Waals surface area contributed by atoms with Gasteiger partial charge in [-0.05, 0) is 55.6 Å². The van der Waals surface area contributed by atoms with E-state index in [1.165, 1.54) is 19.1 Å². The number of fused-ring (bicyclic) bond motifs is 1. The van der Waals surface area contributed by atoms with Gasteiger partial charge in [-0.15, -0.1) is 0 Å². The van der Waals surface area contributed by atoms with E-state index >= 15 is 0 Å². The third-order valence-electron chi connectivity index (χ3n) is 6.81. The van der Waals surface area contributed by atoms with E-state index in [0.29, 0.717) is 41.0 Å². The zero-order chi connectivity index (χ0) is 20.6. The van der Waals surface area contributed by atoms with Crippen LogP contribution in [-0.4, -0.2) is 39.0 Å². The second kappa shape index (κ2) is 8.21. The summed E-state index contributed by atoms with van der Waals surface area (Å²) < 4.78 is 7.39. The Kier molecular flexibility index (Phi) is 6.28. The predicted molar refractivity (Wildman–Crippen MR) is 113 cm³/mol. The van der Waals surface area contributed by atoms with Crippen molar-refractivity contribution in [1.82, 2.24) is 9.78 Å². The lowest BCUT2D eigenvalue weighted by Gasteiger charge is -2.54. The van der Waals surface area contributed by atoms with Gasteiger partial charge in [0, 0.05) is 17.7 Å². The van der Waals surface area contributed by atoms with Gasteiger partial charge in [0.05, 0.1) is 11.8 Å². The fraction of sp³-hybridized carbons (Fsp3) is 0.773. The van der Waals surface area contributed by atoms with Gasteiger partial charge in [0.15, 0.2) is 11.6 Å². The Hall–Kier alpha value is -1.30. The number of carbonyl (C=O) groups excluding carboxylic acids is 2. The van der Waals surface area contributed by atoms with E-state index < -0.39 is 0 Å². The number of carbonyl (C=O) groups is 2. The Labute approximate surface area is 173 Å². The number of aromatic nitrogens is 2. The summed E-state index contributed by atoms with van der Waals surface area (Å²) in [5, 5.41) is 4.97. The molecule has 0 amide bonds. The first-order valence-corrected chi connectivity index (χ1v) is 11.6. The third kappa shape index (κ3) is 3.89. The maximum Gasteiger partial charge on any atom is 0.223 e. The number of thioether (sulfide) groups is 1. The van der Waals surface area contributed by atoms with E-state index in [1.807, 2.05) is 6.92 Å². The molecule has 0 aromatic carbocycles. The van der Waals surface area contributed by atoms with Crippen LogP contribution in [0, 0.1) is 29.1 Å². The van der Waals surface area contributed by atoms with Gasteiger partial charge in [-0.1, -0.05) is 27.7 Å². The van der Waals surface area contributed by atoms with Gasteiger partial charge in [0.1, 0.15) is 6.61 Å². The normalized spacial score (nSPS) is 31.9. The Morgan fingerprint density at radius 1 is 1.36 bits per heavy atom. The first-order valence-electron chi connectivity index (χ1n) is 10.5. The zero-order valence-electron chi connectivity index (χ0n) is 18.0. The first kappa shape index (κ1) is 21.4. The van der Waals surface area contributed by atoms with E-state index in [-0.39, 0.29) is 29.5 Å². The second-order valence-electron chi connectivity index (χ2n) is 9.31. The highest BCUT2D eigenvalue weighted by molar-refractivity contribution is 8.00. The van der Waals surface area contributed by atoms with Crippen LogP contribution >= 0.6 is 11.8 Å². The molecule has 1 aliphatic heterocycles. The summed E-state index contributed by atoms with van der Waals surface area (Å²) in [5.74, 6) is 3.07. The van der Waals surface area contributed by atoms with E-state index in [4.69, 9.17) is 4.74 Å². The summed E-state index contributed by atoms with van der Waals surface area (Å²) >= 11 is 2.10. The molecule has 2 heterocycles. The van der Waals surface area contributed by atoms with Crippen molar-refractivity contribution in [3.8, 4) is 5.88 Å². The monoisotopic (exact) mass is 406 g/mol. The minimum atomic E-state index is -0.0641. The zero-order valence-corrected chi connectivity index (χ0v) is 18.8. The maximum atomic E-state index is 13.6. The van der Waals surface area contributed by atoms with Crippen LogP contribution in [-0.2, 0) is 11.3 Å². The molecule has 2 aliphatic rings. The molecule has 0 spiro atoms. The van der Waals surface area contributed by atoms with Gasteiger partial charge in [0.2, 0.25) is 5.88 Å². The summed E-state index contributed by atoms with van der Waals surface area (Å²) in [6.45, 7) is 13.3. The first-order chi connectivity index (χ1) is 13.2. The summed E-state index contributed by atoms with van der Waals surface area (Å²) in [6, 6.07) is 0. The fourth-order valence-corrected chi connectivity index (χ4v) is 7.52. The molecular formula is C22H34N2O3S. The molecule has 28 heavy (non-hydrogen) atoms. The van der Waals surface area contributed by atoms with Crippen LogP contribution in [0.1, 0.15) is 64.7 Å². The number of hydrogen-bond acceptors (Lipinski definition) is 5. The van der Waals surface area contributed by atoms with Crippen molar-refractivity contribution >= 4 is 23.3 Å². The maximum absolute atomic E-state index is 13.6. The largest absolute Gasteiger partial charge is 0.469 e. The minimum Gasteiger partial charge on any atom is -0.469 e. The molecule has 2 fully saturated rings. The standard InChI is InChI=1S/C22H34N2O3S/c1-7-24-21(27-12-14(3)25)17(11-23-24)19(26)16-10-13(2)20-18(15(16)4)22(5,6)8-9-28-20/h11,13,15-16,18,20H,7-10,12H2,1-6H3. The highest BCUT2D eigenvalue weighted by Crippen LogP contribution is 2.56. The molecule has 1 saturated carbocycles. The van der Waals surface area contributed by atoms with Crippen LogP contribution in [0.25, 0.3) is 0 Å². The lowest BCUT2D eigenvalue weighted by molar-refractivity contribution is -0.119. The molecule has 0 N–H and O–H groups in total. The average molecular weight is 407 g/mol. The van der Waals surface area contributed by atoms with Crippen molar-refractivity contribution in [3.05, 3.63) is 11.8 Å². The van der Waals surface area contributed by atoms with Crippen LogP contribution in [0.15, 0.2) is 6.20 Å². The van der Waals surface area contributed by atoms with Crippen molar-refractivity contribution in [1.29, 1.82) is 0 Å². The van der Waals surface area contributed by atoms with E-state index in [2.05, 4.69) is 44.6 Å². The lowest BCUT2D eigenvalue weighted by Crippen LogP contribution is -2.51. The molecule has 1 aliphatic carbocycles. The number of rotatable bonds is 6. The van der Waals surface area contributed by atoms with Crippen molar-refractivity contribution in [2.75, 3.05) is 12.4 Å². The molecule has 0 radical (unpaired) electrons. The number of Topliss-reactive ketones (excluding diaryl/α,β-unsaturated/α-hetero) is 2. The van der Waals surface area contributed by atoms with Gasteiger partial charge in [-0.2, -0.15) is 16.9 Å². The summed E-state index contributed by atoms with van der Waals surface area (Å²) in [6.07, 6.45) is 3.75. The third-order valence-corrected chi connectivity index (χ3v) is 8.39. The second-order valence-corrected chi connectivity index (χ2v) is 10.6. The number of ketones is 2. The Bertz CT molecular complexity index is 742. The quantitative estimate of drug-likeness (QED) is 0.651. The molecule has 1 aromatic heterocycles. The van der Waals surface area contributed by atoms with Crippen molar-refractivity contribution in [2.45, 2.75) is 66.2 Å². The highest BCUT2D eigenvalue weighted by atomic mass is 32.2. The summed E-state index contributed by atoms with van der Waals surface area (Å²) in [5.41, 5.74) is 0.788. The van der Waals surface area contributed by atoms with E-state index in [0.717, 1.165) is 6.42 Å². The number of hydrogen-bond donors (Lipinski definition) is 0. The molecule has 3 rings (SSSR count). The van der Waals surface area contributed by atoms with Crippen molar-refractivity contribution < 1.29 is 14.3 Å². The Morgan fingerprint density at radius 3 is 2.71 bits per heavy atom. The molecule has 1 aromatic rings. The van der Waals surface area contributed by atoms with E-state index in [9.17, 15) is 9.59 Å². The number of aryl methyl sites for hydroxylation is 1. The predicted octanol–water partition coefficient (Wildman–Crippen LogP) is 4.49. The molecule has 0 bridgehead atoms. The number of nitrogens with zero attached hydrogens (tertiary/aromatic N) is 2. The highest BCUT2D eigenvalue weighted by Gasteiger charge is 2.51. The van der Waals surface area contributed by atoms with Crippen LogP contribution in [0.4, 0.5) is 0 Å². The molecule has 5 unspecified atom stereocenters. The SMILES string of the molecule is CCn1ncc(C(=O)C2CC(C)C3SCCC(C)(C)C3C2C)c1OCC(C)=O. The smallest absolute Gasteiger partial charge is 0.223 e. The molecule has 5 nitrogen and oxygen atoms in total. The van der Waals surface area contributed by atoms with Crippen LogP contribution in [0.3, 0.4) is 0 Å². The summed E-state index contributed by atoms with van der Waals surface area (Å²) in [7, 11) is 0. The molecule has 1 saturated heterocycles. The molecule has 5 atom stereocenters.